The third-order valence-corrected chi connectivity index (χ3v) is 3.07. The molecule has 0 heterocycles. The second-order valence-electron chi connectivity index (χ2n) is 3.80. The van der Waals surface area contributed by atoms with E-state index in [1.807, 2.05) is 0 Å². The molecule has 0 spiro atoms. The number of carbonyl (C=O) groups excluding carboxylic acids is 1. The minimum absolute atomic E-state index is 0.0876. The molecule has 0 saturated carbocycles. The second-order valence-corrected chi connectivity index (χ2v) is 4.62. The number of anilines is 1. The Bertz CT molecular complexity index is 508. The van der Waals surface area contributed by atoms with Crippen LogP contribution in [-0.2, 0) is 4.79 Å². The van der Waals surface area contributed by atoms with Gasteiger partial charge in [-0.1, -0.05) is 23.2 Å². The summed E-state index contributed by atoms with van der Waals surface area (Å²) in [5, 5.41) is 16.5. The minimum Gasteiger partial charge on any atom is -0.368 e. The number of nitrogens with zero attached hydrogens (tertiary/aromatic N) is 1. The lowest BCUT2D eigenvalue weighted by Crippen LogP contribution is -2.37. The second kappa shape index (κ2) is 6.58. The molecule has 19 heavy (non-hydrogen) atoms. The number of nitro groups is 1. The smallest absolute Gasteiger partial charge is 0.293 e. The van der Waals surface area contributed by atoms with E-state index in [1.54, 1.807) is 13.8 Å². The number of amides is 1. The van der Waals surface area contributed by atoms with Crippen LogP contribution >= 0.6 is 23.2 Å². The molecule has 0 saturated heterocycles. The highest BCUT2D eigenvalue weighted by Crippen LogP contribution is 2.34. The molecule has 0 aliphatic carbocycles. The third-order valence-electron chi connectivity index (χ3n) is 2.35. The van der Waals surface area contributed by atoms with Crippen molar-refractivity contribution in [3.05, 3.63) is 32.3 Å². The molecule has 2 N–H and O–H groups in total. The molecule has 1 amide bonds. The summed E-state index contributed by atoms with van der Waals surface area (Å²) in [5.74, 6) is -0.261. The van der Waals surface area contributed by atoms with Crippen LogP contribution in [0.2, 0.25) is 10.0 Å². The van der Waals surface area contributed by atoms with Crippen molar-refractivity contribution in [1.82, 2.24) is 5.32 Å². The molecular weight excluding hydrogens is 293 g/mol. The summed E-state index contributed by atoms with van der Waals surface area (Å²) in [4.78, 5) is 21.9. The first kappa shape index (κ1) is 15.5. The lowest BCUT2D eigenvalue weighted by molar-refractivity contribution is -0.384. The molecule has 1 aromatic rings. The van der Waals surface area contributed by atoms with Gasteiger partial charge in [0, 0.05) is 12.6 Å². The molecule has 1 unspecified atom stereocenters. The van der Waals surface area contributed by atoms with E-state index in [2.05, 4.69) is 10.6 Å². The van der Waals surface area contributed by atoms with Crippen molar-refractivity contribution >= 4 is 40.5 Å². The summed E-state index contributed by atoms with van der Waals surface area (Å²) in [6, 6.07) is 1.85. The Morgan fingerprint density at radius 3 is 2.53 bits per heavy atom. The maximum Gasteiger partial charge on any atom is 0.293 e. The van der Waals surface area contributed by atoms with Crippen LogP contribution < -0.4 is 10.6 Å². The van der Waals surface area contributed by atoms with Crippen molar-refractivity contribution in [2.75, 3.05) is 11.9 Å². The molecule has 0 radical (unpaired) electrons. The molecule has 1 atom stereocenters. The van der Waals surface area contributed by atoms with Crippen molar-refractivity contribution in [2.24, 2.45) is 0 Å². The van der Waals surface area contributed by atoms with E-state index < -0.39 is 11.0 Å². The van der Waals surface area contributed by atoms with E-state index in [-0.39, 0.29) is 27.3 Å². The fraction of sp³-hybridized carbons (Fsp3) is 0.364. The minimum atomic E-state index is -0.629. The van der Waals surface area contributed by atoms with Crippen LogP contribution in [0.5, 0.6) is 0 Å². The van der Waals surface area contributed by atoms with Gasteiger partial charge < -0.3 is 10.6 Å². The number of rotatable bonds is 5. The van der Waals surface area contributed by atoms with Gasteiger partial charge in [-0.25, -0.2) is 0 Å². The van der Waals surface area contributed by atoms with Gasteiger partial charge in [-0.3, -0.25) is 14.9 Å². The quantitative estimate of drug-likeness (QED) is 0.647. The Kier molecular flexibility index (Phi) is 5.38. The SMILES string of the molecule is CCNC(=O)C(C)Nc1cc(Cl)c(Cl)cc1[N+](=O)[O-]. The molecule has 1 aromatic carbocycles. The van der Waals surface area contributed by atoms with Crippen molar-refractivity contribution in [3.8, 4) is 0 Å². The highest BCUT2D eigenvalue weighted by Gasteiger charge is 2.20. The lowest BCUT2D eigenvalue weighted by atomic mass is 10.2. The average molecular weight is 306 g/mol. The van der Waals surface area contributed by atoms with Crippen molar-refractivity contribution in [1.29, 1.82) is 0 Å². The van der Waals surface area contributed by atoms with Gasteiger partial charge in [0.25, 0.3) is 5.69 Å². The molecule has 0 aliphatic rings. The summed E-state index contributed by atoms with van der Waals surface area (Å²) < 4.78 is 0. The van der Waals surface area contributed by atoms with Gasteiger partial charge in [0.1, 0.15) is 11.7 Å². The standard InChI is InChI=1S/C11H13Cl2N3O3/c1-3-14-11(17)6(2)15-9-4-7(12)8(13)5-10(9)16(18)19/h4-6,15H,3H2,1-2H3,(H,14,17). The molecular formula is C11H13Cl2N3O3. The number of likely N-dealkylation sites (N-methyl/N-ethyl adjacent to an activating group) is 1. The summed E-state index contributed by atoms with van der Waals surface area (Å²) in [6.45, 7) is 3.86. The Hall–Kier alpha value is -1.53. The zero-order valence-corrected chi connectivity index (χ0v) is 11.9. The Balaban J connectivity index is 3.03. The maximum atomic E-state index is 11.6. The number of hydrogen-bond donors (Lipinski definition) is 2. The van der Waals surface area contributed by atoms with Crippen molar-refractivity contribution in [3.63, 3.8) is 0 Å². The van der Waals surface area contributed by atoms with Crippen LogP contribution in [-0.4, -0.2) is 23.4 Å². The van der Waals surface area contributed by atoms with E-state index in [4.69, 9.17) is 23.2 Å². The van der Waals surface area contributed by atoms with Gasteiger partial charge in [-0.05, 0) is 19.9 Å². The molecule has 0 bridgehead atoms. The van der Waals surface area contributed by atoms with Gasteiger partial charge in [-0.2, -0.15) is 0 Å². The van der Waals surface area contributed by atoms with Crippen LogP contribution in [0.25, 0.3) is 0 Å². The lowest BCUT2D eigenvalue weighted by Gasteiger charge is -2.15. The first-order chi connectivity index (χ1) is 8.86. The van der Waals surface area contributed by atoms with E-state index in [0.29, 0.717) is 6.54 Å². The summed E-state index contributed by atoms with van der Waals surface area (Å²) in [6.07, 6.45) is 0. The molecule has 0 aromatic heterocycles. The van der Waals surface area contributed by atoms with Crippen molar-refractivity contribution < 1.29 is 9.72 Å². The first-order valence-electron chi connectivity index (χ1n) is 5.54. The number of nitrogens with one attached hydrogen (secondary N) is 2. The van der Waals surface area contributed by atoms with Gasteiger partial charge in [-0.15, -0.1) is 0 Å². The van der Waals surface area contributed by atoms with Gasteiger partial charge >= 0.3 is 0 Å². The summed E-state index contributed by atoms with van der Waals surface area (Å²) in [7, 11) is 0. The molecule has 8 heteroatoms. The Morgan fingerprint density at radius 2 is 2.00 bits per heavy atom. The molecule has 104 valence electrons. The highest BCUT2D eigenvalue weighted by molar-refractivity contribution is 6.42. The first-order valence-corrected chi connectivity index (χ1v) is 6.30. The van der Waals surface area contributed by atoms with E-state index in [1.165, 1.54) is 6.07 Å². The van der Waals surface area contributed by atoms with Crippen LogP contribution in [0.4, 0.5) is 11.4 Å². The molecule has 0 fully saturated rings. The topological polar surface area (TPSA) is 84.3 Å². The third kappa shape index (κ3) is 3.97. The summed E-state index contributed by atoms with van der Waals surface area (Å²) in [5.41, 5.74) is -0.0799. The predicted octanol–water partition coefficient (Wildman–Crippen LogP) is 2.84. The van der Waals surface area contributed by atoms with Gasteiger partial charge in [0.2, 0.25) is 5.91 Å². The fourth-order valence-corrected chi connectivity index (χ4v) is 1.75. The van der Waals surface area contributed by atoms with E-state index in [9.17, 15) is 14.9 Å². The van der Waals surface area contributed by atoms with Crippen LogP contribution in [0.1, 0.15) is 13.8 Å². The largest absolute Gasteiger partial charge is 0.368 e. The summed E-state index contributed by atoms with van der Waals surface area (Å²) >= 11 is 11.6. The number of nitro benzene ring substituents is 1. The zero-order chi connectivity index (χ0) is 14.6. The predicted molar refractivity (Wildman–Crippen MR) is 74.9 cm³/mol. The van der Waals surface area contributed by atoms with Crippen molar-refractivity contribution in [2.45, 2.75) is 19.9 Å². The van der Waals surface area contributed by atoms with Gasteiger partial charge in [0.05, 0.1) is 15.0 Å². The Labute approximate surface area is 120 Å². The number of hydrogen-bond acceptors (Lipinski definition) is 4. The fourth-order valence-electron chi connectivity index (χ4n) is 1.43. The Morgan fingerprint density at radius 1 is 1.42 bits per heavy atom. The number of carbonyl (C=O) groups is 1. The van der Waals surface area contributed by atoms with Crippen LogP contribution in [0.3, 0.4) is 0 Å². The van der Waals surface area contributed by atoms with E-state index in [0.717, 1.165) is 6.07 Å². The highest BCUT2D eigenvalue weighted by atomic mass is 35.5. The van der Waals surface area contributed by atoms with E-state index >= 15 is 0 Å². The van der Waals surface area contributed by atoms with Crippen LogP contribution in [0, 0.1) is 10.1 Å². The monoisotopic (exact) mass is 305 g/mol. The average Bonchev–Trinajstić information content (AvgIpc) is 2.33. The molecule has 6 nitrogen and oxygen atoms in total. The number of halogens is 2. The van der Waals surface area contributed by atoms with Gasteiger partial charge in [0.15, 0.2) is 0 Å². The number of benzene rings is 1. The van der Waals surface area contributed by atoms with Crippen LogP contribution in [0.15, 0.2) is 12.1 Å². The maximum absolute atomic E-state index is 11.6. The zero-order valence-electron chi connectivity index (χ0n) is 10.4. The normalized spacial score (nSPS) is 11.8. The molecule has 0 aliphatic heterocycles. The molecule has 1 rings (SSSR count).